The van der Waals surface area contributed by atoms with Gasteiger partial charge in [-0.05, 0) is 25.8 Å². The molecule has 0 bridgehead atoms. The molecule has 2 rings (SSSR count). The highest BCUT2D eigenvalue weighted by Gasteiger charge is 2.40. The SMILES string of the molecule is CCCCOCCN1CC2NCCCC2C1=O. The quantitative estimate of drug-likeness (QED) is 0.705. The fourth-order valence-corrected chi connectivity index (χ4v) is 2.73. The van der Waals surface area contributed by atoms with Gasteiger partial charge in [0.2, 0.25) is 5.91 Å². The Morgan fingerprint density at radius 2 is 2.35 bits per heavy atom. The summed E-state index contributed by atoms with van der Waals surface area (Å²) in [4.78, 5) is 14.1. The third kappa shape index (κ3) is 3.19. The lowest BCUT2D eigenvalue weighted by Crippen LogP contribution is -2.41. The van der Waals surface area contributed by atoms with E-state index in [9.17, 15) is 4.79 Å². The van der Waals surface area contributed by atoms with Crippen LogP contribution in [0.4, 0.5) is 0 Å². The van der Waals surface area contributed by atoms with Crippen molar-refractivity contribution in [3.8, 4) is 0 Å². The number of carbonyl (C=O) groups is 1. The summed E-state index contributed by atoms with van der Waals surface area (Å²) in [6.07, 6.45) is 4.47. The molecule has 0 aromatic carbocycles. The van der Waals surface area contributed by atoms with Crippen LogP contribution >= 0.6 is 0 Å². The second-order valence-electron chi connectivity index (χ2n) is 5.06. The van der Waals surface area contributed by atoms with Crippen LogP contribution in [0.5, 0.6) is 0 Å². The third-order valence-corrected chi connectivity index (χ3v) is 3.78. The van der Waals surface area contributed by atoms with Crippen molar-refractivity contribution in [3.05, 3.63) is 0 Å². The predicted molar refractivity (Wildman–Crippen MR) is 66.8 cm³/mol. The molecule has 2 aliphatic heterocycles. The highest BCUT2D eigenvalue weighted by atomic mass is 16.5. The smallest absolute Gasteiger partial charge is 0.227 e. The first-order valence-electron chi connectivity index (χ1n) is 6.93. The lowest BCUT2D eigenvalue weighted by atomic mass is 9.94. The molecule has 0 spiro atoms. The summed E-state index contributed by atoms with van der Waals surface area (Å²) < 4.78 is 5.52. The Morgan fingerprint density at radius 1 is 1.47 bits per heavy atom. The van der Waals surface area contributed by atoms with Gasteiger partial charge in [-0.3, -0.25) is 4.79 Å². The Morgan fingerprint density at radius 3 is 3.12 bits per heavy atom. The molecule has 17 heavy (non-hydrogen) atoms. The zero-order chi connectivity index (χ0) is 12.1. The molecule has 4 nitrogen and oxygen atoms in total. The van der Waals surface area contributed by atoms with E-state index in [1.165, 1.54) is 0 Å². The van der Waals surface area contributed by atoms with Gasteiger partial charge in [-0.1, -0.05) is 13.3 Å². The van der Waals surface area contributed by atoms with E-state index >= 15 is 0 Å². The van der Waals surface area contributed by atoms with Gasteiger partial charge < -0.3 is 15.0 Å². The minimum atomic E-state index is 0.236. The summed E-state index contributed by atoms with van der Waals surface area (Å²) >= 11 is 0. The highest BCUT2D eigenvalue weighted by molar-refractivity contribution is 5.82. The van der Waals surface area contributed by atoms with Crippen molar-refractivity contribution in [2.45, 2.75) is 38.6 Å². The number of unbranched alkanes of at least 4 members (excludes halogenated alkanes) is 1. The Bertz CT molecular complexity index is 258. The molecule has 2 fully saturated rings. The monoisotopic (exact) mass is 240 g/mol. The summed E-state index contributed by atoms with van der Waals surface area (Å²) in [6, 6.07) is 0.395. The Balaban J connectivity index is 1.69. The molecule has 0 aromatic rings. The van der Waals surface area contributed by atoms with Crippen molar-refractivity contribution in [3.63, 3.8) is 0 Å². The molecular weight excluding hydrogens is 216 g/mol. The van der Waals surface area contributed by atoms with Crippen LogP contribution in [0.3, 0.4) is 0 Å². The number of nitrogens with one attached hydrogen (secondary N) is 1. The number of fused-ring (bicyclic) bond motifs is 1. The topological polar surface area (TPSA) is 41.6 Å². The minimum Gasteiger partial charge on any atom is -0.380 e. The van der Waals surface area contributed by atoms with Crippen LogP contribution in [-0.2, 0) is 9.53 Å². The maximum atomic E-state index is 12.1. The number of hydrogen-bond acceptors (Lipinski definition) is 3. The van der Waals surface area contributed by atoms with Gasteiger partial charge in [0, 0.05) is 25.7 Å². The molecule has 1 amide bonds. The Hall–Kier alpha value is -0.610. The molecule has 1 N–H and O–H groups in total. The van der Waals surface area contributed by atoms with Gasteiger partial charge >= 0.3 is 0 Å². The zero-order valence-corrected chi connectivity index (χ0v) is 10.8. The molecule has 2 heterocycles. The Kier molecular flexibility index (Phi) is 4.80. The van der Waals surface area contributed by atoms with E-state index in [1.54, 1.807) is 0 Å². The van der Waals surface area contributed by atoms with Crippen molar-refractivity contribution in [1.82, 2.24) is 10.2 Å². The highest BCUT2D eigenvalue weighted by Crippen LogP contribution is 2.25. The van der Waals surface area contributed by atoms with E-state index in [-0.39, 0.29) is 5.92 Å². The molecule has 0 aliphatic carbocycles. The van der Waals surface area contributed by atoms with Gasteiger partial charge in [0.15, 0.2) is 0 Å². The lowest BCUT2D eigenvalue weighted by molar-refractivity contribution is -0.132. The standard InChI is InChI=1S/C13H24N2O2/c1-2-3-8-17-9-7-15-10-12-11(13(15)16)5-4-6-14-12/h11-12,14H,2-10H2,1H3. The largest absolute Gasteiger partial charge is 0.380 e. The summed E-state index contributed by atoms with van der Waals surface area (Å²) in [5.41, 5.74) is 0. The van der Waals surface area contributed by atoms with E-state index in [4.69, 9.17) is 4.74 Å². The first-order chi connectivity index (χ1) is 8.33. The molecule has 0 aromatic heterocycles. The van der Waals surface area contributed by atoms with Crippen LogP contribution in [-0.4, -0.2) is 49.7 Å². The van der Waals surface area contributed by atoms with Crippen LogP contribution in [0.25, 0.3) is 0 Å². The summed E-state index contributed by atoms with van der Waals surface area (Å²) in [5, 5.41) is 3.45. The molecule has 0 radical (unpaired) electrons. The normalized spacial score (nSPS) is 28.5. The van der Waals surface area contributed by atoms with E-state index in [0.717, 1.165) is 51.9 Å². The van der Waals surface area contributed by atoms with Crippen molar-refractivity contribution in [2.75, 3.05) is 32.8 Å². The molecule has 2 unspecified atom stereocenters. The van der Waals surface area contributed by atoms with E-state index < -0.39 is 0 Å². The molecule has 98 valence electrons. The molecular formula is C13H24N2O2. The van der Waals surface area contributed by atoms with E-state index in [0.29, 0.717) is 18.6 Å². The van der Waals surface area contributed by atoms with Gasteiger partial charge in [0.05, 0.1) is 12.5 Å². The average molecular weight is 240 g/mol. The fourth-order valence-electron chi connectivity index (χ4n) is 2.73. The van der Waals surface area contributed by atoms with Crippen LogP contribution < -0.4 is 5.32 Å². The zero-order valence-electron chi connectivity index (χ0n) is 10.8. The minimum absolute atomic E-state index is 0.236. The second kappa shape index (κ2) is 6.36. The van der Waals surface area contributed by atoms with Crippen LogP contribution in [0.1, 0.15) is 32.6 Å². The van der Waals surface area contributed by atoms with Gasteiger partial charge in [-0.2, -0.15) is 0 Å². The van der Waals surface area contributed by atoms with Crippen molar-refractivity contribution in [2.24, 2.45) is 5.92 Å². The summed E-state index contributed by atoms with van der Waals surface area (Å²) in [7, 11) is 0. The van der Waals surface area contributed by atoms with Gasteiger partial charge in [0.1, 0.15) is 0 Å². The number of amides is 1. The fraction of sp³-hybridized carbons (Fsp3) is 0.923. The van der Waals surface area contributed by atoms with Gasteiger partial charge in [0.25, 0.3) is 0 Å². The number of piperidine rings is 1. The lowest BCUT2D eigenvalue weighted by Gasteiger charge is -2.23. The van der Waals surface area contributed by atoms with Crippen LogP contribution in [0, 0.1) is 5.92 Å². The number of ether oxygens (including phenoxy) is 1. The number of nitrogens with zero attached hydrogens (tertiary/aromatic N) is 1. The first kappa shape index (κ1) is 12.8. The van der Waals surface area contributed by atoms with Gasteiger partial charge in [-0.15, -0.1) is 0 Å². The summed E-state index contributed by atoms with van der Waals surface area (Å²) in [5.74, 6) is 0.570. The number of rotatable bonds is 6. The van der Waals surface area contributed by atoms with Crippen LogP contribution in [0.2, 0.25) is 0 Å². The number of hydrogen-bond donors (Lipinski definition) is 1. The van der Waals surface area contributed by atoms with Gasteiger partial charge in [-0.25, -0.2) is 0 Å². The van der Waals surface area contributed by atoms with E-state index in [2.05, 4.69) is 12.2 Å². The number of carbonyl (C=O) groups excluding carboxylic acids is 1. The molecule has 2 aliphatic rings. The molecule has 0 saturated carbocycles. The number of likely N-dealkylation sites (tertiary alicyclic amines) is 1. The molecule has 4 heteroatoms. The van der Waals surface area contributed by atoms with Crippen molar-refractivity contribution < 1.29 is 9.53 Å². The third-order valence-electron chi connectivity index (χ3n) is 3.78. The van der Waals surface area contributed by atoms with Crippen molar-refractivity contribution in [1.29, 1.82) is 0 Å². The molecule has 2 saturated heterocycles. The van der Waals surface area contributed by atoms with E-state index in [1.807, 2.05) is 4.90 Å². The maximum absolute atomic E-state index is 12.1. The average Bonchev–Trinajstić information content (AvgIpc) is 2.67. The first-order valence-corrected chi connectivity index (χ1v) is 6.93. The Labute approximate surface area is 104 Å². The maximum Gasteiger partial charge on any atom is 0.227 e. The van der Waals surface area contributed by atoms with Crippen LogP contribution in [0.15, 0.2) is 0 Å². The predicted octanol–water partition coefficient (Wildman–Crippen LogP) is 1.01. The molecule has 2 atom stereocenters. The van der Waals surface area contributed by atoms with Crippen molar-refractivity contribution >= 4 is 5.91 Å². The summed E-state index contributed by atoms with van der Waals surface area (Å²) in [6.45, 7) is 6.37. The second-order valence-corrected chi connectivity index (χ2v) is 5.06.